The van der Waals surface area contributed by atoms with E-state index in [0.717, 1.165) is 17.5 Å². The second-order valence-corrected chi connectivity index (χ2v) is 6.29. The van der Waals surface area contributed by atoms with Gasteiger partial charge in [0.05, 0.1) is 10.8 Å². The van der Waals surface area contributed by atoms with Crippen molar-refractivity contribution in [2.24, 2.45) is 5.92 Å². The Balaban J connectivity index is 2.00. The van der Waals surface area contributed by atoms with Crippen LogP contribution in [0.3, 0.4) is 0 Å². The fourth-order valence-electron chi connectivity index (χ4n) is 2.74. The molecule has 1 saturated heterocycles. The quantitative estimate of drug-likeness (QED) is 0.735. The Labute approximate surface area is 116 Å². The number of thiophene rings is 1. The number of fused-ring (bicyclic) bond motifs is 1. The molecule has 0 N–H and O–H groups in total. The maximum Gasteiger partial charge on any atom is 0.135 e. The first-order chi connectivity index (χ1) is 8.70. The van der Waals surface area contributed by atoms with E-state index < -0.39 is 0 Å². The van der Waals surface area contributed by atoms with E-state index in [1.165, 1.54) is 10.1 Å². The lowest BCUT2D eigenvalue weighted by molar-refractivity contribution is -0.00563. The monoisotopic (exact) mass is 279 g/mol. The molecule has 2 nitrogen and oxygen atoms in total. The van der Waals surface area contributed by atoms with Crippen LogP contribution in [0.25, 0.3) is 10.1 Å². The van der Waals surface area contributed by atoms with Gasteiger partial charge in [-0.15, -0.1) is 11.3 Å². The summed E-state index contributed by atoms with van der Waals surface area (Å²) in [5.41, 5.74) is 0. The zero-order valence-corrected chi connectivity index (χ0v) is 12.3. The highest BCUT2D eigenvalue weighted by Crippen LogP contribution is 2.36. The zero-order chi connectivity index (χ0) is 12.7. The molecule has 1 fully saturated rings. The fraction of sp³-hybridized carbons (Fsp3) is 0.500. The molecule has 3 rings (SSSR count). The highest BCUT2D eigenvalue weighted by atomic mass is 32.1. The maximum absolute atomic E-state index is 6.12. The van der Waals surface area contributed by atoms with Gasteiger partial charge in [-0.3, -0.25) is 0 Å². The molecule has 0 radical (unpaired) electrons. The number of ether oxygens (including phenoxy) is 1. The van der Waals surface area contributed by atoms with Crippen molar-refractivity contribution < 1.29 is 4.74 Å². The molecular formula is C14H17NOS2. The number of aromatic nitrogens is 1. The van der Waals surface area contributed by atoms with Crippen LogP contribution in [0.1, 0.15) is 32.9 Å². The van der Waals surface area contributed by atoms with E-state index in [1.54, 1.807) is 11.3 Å². The van der Waals surface area contributed by atoms with Gasteiger partial charge in [0.15, 0.2) is 0 Å². The topological polar surface area (TPSA) is 14.2 Å². The minimum atomic E-state index is 0.115. The number of rotatable bonds is 2. The summed E-state index contributed by atoms with van der Waals surface area (Å²) in [6.45, 7) is 4.45. The lowest BCUT2D eigenvalue weighted by Gasteiger charge is -2.16. The summed E-state index contributed by atoms with van der Waals surface area (Å²) >= 11 is 7.30. The second-order valence-electron chi connectivity index (χ2n) is 4.98. The predicted octanol–water partition coefficient (Wildman–Crippen LogP) is 4.77. The van der Waals surface area contributed by atoms with Gasteiger partial charge in [0.2, 0.25) is 0 Å². The first-order valence-corrected chi connectivity index (χ1v) is 7.73. The summed E-state index contributed by atoms with van der Waals surface area (Å²) < 4.78 is 10.4. The summed E-state index contributed by atoms with van der Waals surface area (Å²) in [5, 5.41) is 3.33. The Morgan fingerprint density at radius 2 is 2.33 bits per heavy atom. The van der Waals surface area contributed by atoms with Gasteiger partial charge < -0.3 is 9.30 Å². The van der Waals surface area contributed by atoms with E-state index in [0.29, 0.717) is 12.0 Å². The van der Waals surface area contributed by atoms with E-state index in [4.69, 9.17) is 17.0 Å². The smallest absolute Gasteiger partial charge is 0.135 e. The largest absolute Gasteiger partial charge is 0.355 e. The Bertz CT molecular complexity index is 616. The molecule has 1 aliphatic rings. The molecular weight excluding hydrogens is 262 g/mol. The maximum atomic E-state index is 6.12. The third-order valence-electron chi connectivity index (χ3n) is 3.79. The first kappa shape index (κ1) is 12.3. The van der Waals surface area contributed by atoms with Gasteiger partial charge in [-0.05, 0) is 41.7 Å². The molecule has 0 amide bonds. The van der Waals surface area contributed by atoms with Crippen LogP contribution < -0.4 is 0 Å². The molecule has 0 aliphatic carbocycles. The van der Waals surface area contributed by atoms with Crippen LogP contribution in [0, 0.1) is 10.6 Å². The van der Waals surface area contributed by atoms with Crippen LogP contribution in [-0.2, 0) is 4.74 Å². The van der Waals surface area contributed by atoms with E-state index >= 15 is 0 Å². The number of hydrogen-bond donors (Lipinski definition) is 0. The van der Waals surface area contributed by atoms with Crippen molar-refractivity contribution in [1.82, 2.24) is 4.57 Å². The minimum absolute atomic E-state index is 0.115. The molecule has 3 heterocycles. The van der Waals surface area contributed by atoms with E-state index in [9.17, 15) is 0 Å². The van der Waals surface area contributed by atoms with Gasteiger partial charge in [-0.2, -0.15) is 0 Å². The van der Waals surface area contributed by atoms with Gasteiger partial charge in [-0.25, -0.2) is 0 Å². The fourth-order valence-corrected chi connectivity index (χ4v) is 4.01. The standard InChI is InChI=1S/C14H17NOS2/c1-3-11-9(2)8-12(16-11)15-6-4-10-5-7-18-13(10)14(15)17/h4-7,9,11-12H,3,8H2,1-2H3/t9-,11-,12-/m1/s1. The van der Waals surface area contributed by atoms with Crippen molar-refractivity contribution in [3.05, 3.63) is 28.4 Å². The molecule has 2 aromatic rings. The third-order valence-corrected chi connectivity index (χ3v) is 5.27. The van der Waals surface area contributed by atoms with Gasteiger partial charge in [0, 0.05) is 6.20 Å². The highest BCUT2D eigenvalue weighted by molar-refractivity contribution is 7.71. The van der Waals surface area contributed by atoms with Gasteiger partial charge in [0.25, 0.3) is 0 Å². The van der Waals surface area contributed by atoms with Crippen LogP contribution in [0.4, 0.5) is 0 Å². The van der Waals surface area contributed by atoms with Crippen molar-refractivity contribution in [3.63, 3.8) is 0 Å². The van der Waals surface area contributed by atoms with E-state index in [-0.39, 0.29) is 6.23 Å². The Hall–Kier alpha value is -0.710. The number of pyridine rings is 1. The lowest BCUT2D eigenvalue weighted by Crippen LogP contribution is -2.13. The molecule has 0 saturated carbocycles. The Morgan fingerprint density at radius 3 is 3.06 bits per heavy atom. The van der Waals surface area contributed by atoms with Crippen LogP contribution in [-0.4, -0.2) is 10.7 Å². The Kier molecular flexibility index (Phi) is 3.26. The first-order valence-electron chi connectivity index (χ1n) is 6.44. The molecule has 0 bridgehead atoms. The van der Waals surface area contributed by atoms with Crippen molar-refractivity contribution in [1.29, 1.82) is 0 Å². The number of hydrogen-bond acceptors (Lipinski definition) is 3. The molecule has 4 heteroatoms. The van der Waals surface area contributed by atoms with Gasteiger partial charge >= 0.3 is 0 Å². The summed E-state index contributed by atoms with van der Waals surface area (Å²) in [7, 11) is 0. The molecule has 0 unspecified atom stereocenters. The van der Waals surface area contributed by atoms with Crippen LogP contribution in [0.15, 0.2) is 23.7 Å². The van der Waals surface area contributed by atoms with Crippen LogP contribution in [0.2, 0.25) is 0 Å². The van der Waals surface area contributed by atoms with Crippen molar-refractivity contribution >= 4 is 33.6 Å². The predicted molar refractivity (Wildman–Crippen MR) is 78.6 cm³/mol. The average Bonchev–Trinajstić information content (AvgIpc) is 2.96. The molecule has 96 valence electrons. The summed E-state index contributed by atoms with van der Waals surface area (Å²) in [4.78, 5) is 0. The van der Waals surface area contributed by atoms with E-state index in [2.05, 4.69) is 42.1 Å². The molecule has 2 aromatic heterocycles. The Morgan fingerprint density at radius 1 is 1.50 bits per heavy atom. The van der Waals surface area contributed by atoms with Crippen LogP contribution in [0.5, 0.6) is 0 Å². The normalized spacial score (nSPS) is 28.0. The average molecular weight is 279 g/mol. The summed E-state index contributed by atoms with van der Waals surface area (Å²) in [6.07, 6.45) is 4.70. The van der Waals surface area contributed by atoms with Crippen molar-refractivity contribution in [3.8, 4) is 0 Å². The SMILES string of the molecule is CC[C@H]1O[C@@H](n2ccc3ccsc3c2=S)C[C@H]1C. The zero-order valence-electron chi connectivity index (χ0n) is 10.6. The third kappa shape index (κ3) is 1.92. The molecule has 1 aliphatic heterocycles. The summed E-state index contributed by atoms with van der Waals surface area (Å²) in [6, 6.07) is 4.25. The molecule has 0 aromatic carbocycles. The number of nitrogens with zero attached hydrogens (tertiary/aromatic N) is 1. The molecule has 18 heavy (non-hydrogen) atoms. The van der Waals surface area contributed by atoms with Gasteiger partial charge in [0.1, 0.15) is 10.9 Å². The second kappa shape index (κ2) is 4.76. The van der Waals surface area contributed by atoms with Crippen molar-refractivity contribution in [2.45, 2.75) is 39.0 Å². The summed E-state index contributed by atoms with van der Waals surface area (Å²) in [5.74, 6) is 0.612. The molecule has 0 spiro atoms. The minimum Gasteiger partial charge on any atom is -0.355 e. The van der Waals surface area contributed by atoms with Crippen LogP contribution >= 0.6 is 23.6 Å². The lowest BCUT2D eigenvalue weighted by atomic mass is 10.0. The van der Waals surface area contributed by atoms with Crippen molar-refractivity contribution in [2.75, 3.05) is 0 Å². The van der Waals surface area contributed by atoms with Gasteiger partial charge in [-0.1, -0.05) is 26.1 Å². The highest BCUT2D eigenvalue weighted by Gasteiger charge is 2.31. The van der Waals surface area contributed by atoms with E-state index in [1.807, 2.05) is 0 Å². The molecule has 3 atom stereocenters.